The van der Waals surface area contributed by atoms with Gasteiger partial charge >= 0.3 is 0 Å². The van der Waals surface area contributed by atoms with Crippen LogP contribution in [-0.4, -0.2) is 41.2 Å². The number of rotatable bonds is 12. The van der Waals surface area contributed by atoms with Crippen molar-refractivity contribution in [2.45, 2.75) is 36.4 Å². The van der Waals surface area contributed by atoms with Crippen LogP contribution in [0.15, 0.2) is 65.6 Å². The van der Waals surface area contributed by atoms with Crippen LogP contribution in [0.2, 0.25) is 10.0 Å². The zero-order valence-corrected chi connectivity index (χ0v) is 24.1. The minimum Gasteiger partial charge on any atom is -0.493 e. The Labute approximate surface area is 243 Å². The third-order valence-electron chi connectivity index (χ3n) is 6.43. The van der Waals surface area contributed by atoms with Crippen LogP contribution in [0.5, 0.6) is 5.75 Å². The highest BCUT2D eigenvalue weighted by atomic mass is 35.5. The first-order chi connectivity index (χ1) is 19.2. The molecule has 0 saturated heterocycles. The van der Waals surface area contributed by atoms with Crippen LogP contribution in [0, 0.1) is 5.82 Å². The molecule has 1 aliphatic rings. The zero-order valence-electron chi connectivity index (χ0n) is 21.8. The maximum absolute atomic E-state index is 13.6. The summed E-state index contributed by atoms with van der Waals surface area (Å²) in [5.41, 5.74) is 2.31. The summed E-state index contributed by atoms with van der Waals surface area (Å²) in [6.45, 7) is 2.40. The van der Waals surface area contributed by atoms with Crippen LogP contribution in [0.3, 0.4) is 0 Å². The third kappa shape index (κ3) is 7.93. The van der Waals surface area contributed by atoms with Crippen molar-refractivity contribution in [2.75, 3.05) is 26.9 Å². The number of hydrogen-bond acceptors (Lipinski definition) is 6. The predicted octanol–water partition coefficient (Wildman–Crippen LogP) is 4.92. The van der Waals surface area contributed by atoms with Crippen LogP contribution in [0.4, 0.5) is 4.39 Å². The highest BCUT2D eigenvalue weighted by Crippen LogP contribution is 2.33. The van der Waals surface area contributed by atoms with Gasteiger partial charge in [0, 0.05) is 38.6 Å². The molecule has 2 atom stereocenters. The van der Waals surface area contributed by atoms with Gasteiger partial charge in [-0.25, -0.2) is 17.5 Å². The fourth-order valence-corrected chi connectivity index (χ4v) is 5.97. The van der Waals surface area contributed by atoms with Gasteiger partial charge in [-0.15, -0.1) is 0 Å². The standard InChI is InChI=1S/C28H30Cl2FN3O5S/c1-38-13-11-32-17-18-2-8-22-25(10-12-39-27(22)14-18)33-28(35)16-26(19-3-5-20(31)6-4-19)34-40(36,37)21-7-9-23(29)24(30)15-21/h2-9,14-15,25-26,32,34H,10-13,16-17H2,1H3,(H,33,35)/t25-,26-/m1/s1. The van der Waals surface area contributed by atoms with Gasteiger partial charge in [0.15, 0.2) is 0 Å². The first-order valence-corrected chi connectivity index (χ1v) is 14.9. The number of carbonyl (C=O) groups excluding carboxylic acids is 1. The topological polar surface area (TPSA) is 106 Å². The van der Waals surface area contributed by atoms with Gasteiger partial charge in [-0.05, 0) is 47.5 Å². The Morgan fingerprint density at radius 3 is 2.60 bits per heavy atom. The van der Waals surface area contributed by atoms with Crippen molar-refractivity contribution in [2.24, 2.45) is 0 Å². The van der Waals surface area contributed by atoms with Gasteiger partial charge in [0.1, 0.15) is 11.6 Å². The lowest BCUT2D eigenvalue weighted by molar-refractivity contribution is -0.122. The van der Waals surface area contributed by atoms with E-state index in [0.29, 0.717) is 37.5 Å². The molecule has 0 saturated carbocycles. The van der Waals surface area contributed by atoms with Crippen molar-refractivity contribution in [1.29, 1.82) is 0 Å². The average molecular weight is 611 g/mol. The molecular weight excluding hydrogens is 580 g/mol. The largest absolute Gasteiger partial charge is 0.493 e. The molecule has 214 valence electrons. The number of halogens is 3. The average Bonchev–Trinajstić information content (AvgIpc) is 2.92. The molecule has 3 aromatic carbocycles. The zero-order chi connectivity index (χ0) is 28.7. The fourth-order valence-electron chi connectivity index (χ4n) is 4.36. The lowest BCUT2D eigenvalue weighted by atomic mass is 9.98. The Bertz CT molecular complexity index is 1440. The first kappa shape index (κ1) is 30.2. The summed E-state index contributed by atoms with van der Waals surface area (Å²) in [5, 5.41) is 6.58. The molecule has 0 radical (unpaired) electrons. The van der Waals surface area contributed by atoms with E-state index in [2.05, 4.69) is 15.4 Å². The minimum atomic E-state index is -4.10. The van der Waals surface area contributed by atoms with Gasteiger partial charge < -0.3 is 20.1 Å². The number of amides is 1. The molecule has 4 rings (SSSR count). The Hall–Kier alpha value is -2.73. The van der Waals surface area contributed by atoms with Gasteiger partial charge in [0.25, 0.3) is 0 Å². The summed E-state index contributed by atoms with van der Waals surface area (Å²) in [6.07, 6.45) is 0.334. The number of hydrogen-bond donors (Lipinski definition) is 3. The minimum absolute atomic E-state index is 0.0766. The maximum atomic E-state index is 13.6. The number of carbonyl (C=O) groups is 1. The number of ether oxygens (including phenoxy) is 2. The van der Waals surface area contributed by atoms with E-state index in [0.717, 1.165) is 17.7 Å². The molecule has 0 aliphatic carbocycles. The van der Waals surface area contributed by atoms with E-state index in [4.69, 9.17) is 32.7 Å². The van der Waals surface area contributed by atoms with Crippen LogP contribution in [0.1, 0.15) is 41.6 Å². The molecule has 0 spiro atoms. The molecule has 0 fully saturated rings. The second-order valence-electron chi connectivity index (χ2n) is 9.30. The van der Waals surface area contributed by atoms with Crippen molar-refractivity contribution in [3.05, 3.63) is 93.2 Å². The number of methoxy groups -OCH3 is 1. The van der Waals surface area contributed by atoms with Crippen molar-refractivity contribution in [3.8, 4) is 5.75 Å². The summed E-state index contributed by atoms with van der Waals surface area (Å²) in [7, 11) is -2.45. The Morgan fingerprint density at radius 1 is 1.10 bits per heavy atom. The van der Waals surface area contributed by atoms with E-state index in [1.807, 2.05) is 18.2 Å². The van der Waals surface area contributed by atoms with Crippen LogP contribution < -0.4 is 20.1 Å². The normalized spacial score (nSPS) is 15.7. The van der Waals surface area contributed by atoms with Crippen molar-refractivity contribution in [3.63, 3.8) is 0 Å². The Balaban J connectivity index is 1.49. The molecule has 1 amide bonds. The highest BCUT2D eigenvalue weighted by Gasteiger charge is 2.28. The van der Waals surface area contributed by atoms with Gasteiger partial charge in [-0.3, -0.25) is 4.79 Å². The summed E-state index contributed by atoms with van der Waals surface area (Å²) < 4.78 is 53.4. The van der Waals surface area contributed by atoms with Gasteiger partial charge in [-0.2, -0.15) is 0 Å². The molecule has 3 aromatic rings. The maximum Gasteiger partial charge on any atom is 0.241 e. The van der Waals surface area contributed by atoms with E-state index < -0.39 is 21.9 Å². The Kier molecular flexibility index (Phi) is 10.4. The first-order valence-electron chi connectivity index (χ1n) is 12.6. The smallest absolute Gasteiger partial charge is 0.241 e. The van der Waals surface area contributed by atoms with Crippen molar-refractivity contribution >= 4 is 39.1 Å². The fraction of sp³-hybridized carbons (Fsp3) is 0.321. The molecule has 1 aliphatic heterocycles. The molecule has 1 heterocycles. The van der Waals surface area contributed by atoms with Crippen LogP contribution in [-0.2, 0) is 26.1 Å². The molecule has 0 unspecified atom stereocenters. The van der Waals surface area contributed by atoms with E-state index in [-0.39, 0.29) is 33.3 Å². The second-order valence-corrected chi connectivity index (χ2v) is 11.8. The molecule has 12 heteroatoms. The lowest BCUT2D eigenvalue weighted by Crippen LogP contribution is -2.36. The van der Waals surface area contributed by atoms with E-state index >= 15 is 0 Å². The molecule has 8 nitrogen and oxygen atoms in total. The van der Waals surface area contributed by atoms with Gasteiger partial charge in [-0.1, -0.05) is 47.5 Å². The molecular formula is C28H30Cl2FN3O5S. The number of sulfonamides is 1. The number of nitrogens with one attached hydrogen (secondary N) is 3. The lowest BCUT2D eigenvalue weighted by Gasteiger charge is -2.28. The van der Waals surface area contributed by atoms with Crippen LogP contribution in [0.25, 0.3) is 0 Å². The van der Waals surface area contributed by atoms with Crippen LogP contribution >= 0.6 is 23.2 Å². The summed E-state index contributed by atoms with van der Waals surface area (Å²) >= 11 is 12.0. The summed E-state index contributed by atoms with van der Waals surface area (Å²) in [5.74, 6) is -0.168. The van der Waals surface area contributed by atoms with Crippen molar-refractivity contribution in [1.82, 2.24) is 15.4 Å². The quantitative estimate of drug-likeness (QED) is 0.252. The van der Waals surface area contributed by atoms with Gasteiger partial charge in [0.2, 0.25) is 15.9 Å². The monoisotopic (exact) mass is 609 g/mol. The van der Waals surface area contributed by atoms with E-state index in [1.165, 1.54) is 42.5 Å². The van der Waals surface area contributed by atoms with Crippen molar-refractivity contribution < 1.29 is 27.1 Å². The third-order valence-corrected chi connectivity index (χ3v) is 8.63. The van der Waals surface area contributed by atoms with Gasteiger partial charge in [0.05, 0.1) is 40.2 Å². The second kappa shape index (κ2) is 13.8. The molecule has 40 heavy (non-hydrogen) atoms. The molecule has 0 bridgehead atoms. The number of fused-ring (bicyclic) bond motifs is 1. The molecule has 0 aromatic heterocycles. The highest BCUT2D eigenvalue weighted by molar-refractivity contribution is 7.89. The summed E-state index contributed by atoms with van der Waals surface area (Å²) in [6, 6.07) is 13.8. The SMILES string of the molecule is COCCNCc1ccc2c(c1)OCC[C@H]2NC(=O)C[C@@H](NS(=O)(=O)c1ccc(Cl)c(Cl)c1)c1ccc(F)cc1. The molecule has 3 N–H and O–H groups in total. The summed E-state index contributed by atoms with van der Waals surface area (Å²) in [4.78, 5) is 13.1. The predicted molar refractivity (Wildman–Crippen MR) is 152 cm³/mol. The number of benzene rings is 3. The Morgan fingerprint density at radius 2 is 1.88 bits per heavy atom. The van der Waals surface area contributed by atoms with E-state index in [1.54, 1.807) is 7.11 Å². The van der Waals surface area contributed by atoms with E-state index in [9.17, 15) is 17.6 Å².